The fourth-order valence-electron chi connectivity index (χ4n) is 4.17. The summed E-state index contributed by atoms with van der Waals surface area (Å²) in [6.45, 7) is 4.98. The number of hydrogen-bond donors (Lipinski definition) is 2. The molecule has 1 atom stereocenters. The van der Waals surface area contributed by atoms with E-state index in [1.807, 2.05) is 37.3 Å². The van der Waals surface area contributed by atoms with E-state index in [9.17, 15) is 5.11 Å². The molecule has 0 aliphatic carbocycles. The van der Waals surface area contributed by atoms with Gasteiger partial charge in [-0.2, -0.15) is 4.98 Å². The molecule has 2 N–H and O–H groups in total. The molecular weight excluding hydrogens is 464 g/mol. The van der Waals surface area contributed by atoms with Gasteiger partial charge >= 0.3 is 0 Å². The molecule has 1 unspecified atom stereocenters. The molecule has 3 aromatic rings. The van der Waals surface area contributed by atoms with Crippen LogP contribution < -0.4 is 14.8 Å². The zero-order chi connectivity index (χ0) is 24.9. The topological polar surface area (TPSA) is 92.9 Å². The molecule has 2 heterocycles. The van der Waals surface area contributed by atoms with Gasteiger partial charge < -0.3 is 29.3 Å². The molecular formula is C26H30N4O4S. The Morgan fingerprint density at radius 2 is 1.89 bits per heavy atom. The molecule has 0 saturated carbocycles. The van der Waals surface area contributed by atoms with Crippen molar-refractivity contribution < 1.29 is 19.1 Å². The standard InChI is InChI=1S/C26H30N4O4S/c1-5-6-7-14-30-16(2)22(23(27-26(30)35)18-10-13-21(33-4)20(31)15-18)25-28-24(29-34-25)17-8-11-19(32-3)12-9-17/h8-13,15,23,31H,5-7,14H2,1-4H3,(H,27,35). The third-order valence-corrected chi connectivity index (χ3v) is 6.46. The third-order valence-electron chi connectivity index (χ3n) is 6.12. The van der Waals surface area contributed by atoms with Gasteiger partial charge in [0.25, 0.3) is 5.89 Å². The van der Waals surface area contributed by atoms with Crippen LogP contribution in [0.25, 0.3) is 17.0 Å². The van der Waals surface area contributed by atoms with Crippen LogP contribution >= 0.6 is 12.2 Å². The van der Waals surface area contributed by atoms with Crippen LogP contribution in [0.2, 0.25) is 0 Å². The van der Waals surface area contributed by atoms with Gasteiger partial charge in [0.05, 0.1) is 25.8 Å². The number of aromatic hydroxyl groups is 1. The molecule has 0 saturated heterocycles. The summed E-state index contributed by atoms with van der Waals surface area (Å²) in [6.07, 6.45) is 3.24. The van der Waals surface area contributed by atoms with Crippen LogP contribution in [0.5, 0.6) is 17.2 Å². The van der Waals surface area contributed by atoms with Gasteiger partial charge in [0.15, 0.2) is 16.6 Å². The average molecular weight is 495 g/mol. The smallest absolute Gasteiger partial charge is 0.258 e. The van der Waals surface area contributed by atoms with Crippen molar-refractivity contribution in [2.24, 2.45) is 0 Å². The Bertz CT molecular complexity index is 1220. The van der Waals surface area contributed by atoms with Crippen molar-refractivity contribution in [2.45, 2.75) is 39.2 Å². The van der Waals surface area contributed by atoms with Gasteiger partial charge in [-0.1, -0.05) is 31.0 Å². The summed E-state index contributed by atoms with van der Waals surface area (Å²) in [6, 6.07) is 12.4. The zero-order valence-electron chi connectivity index (χ0n) is 20.4. The molecule has 8 nitrogen and oxygen atoms in total. The number of allylic oxidation sites excluding steroid dienone is 1. The van der Waals surface area contributed by atoms with Crippen LogP contribution in [0.15, 0.2) is 52.7 Å². The number of unbranched alkanes of at least 4 members (excludes halogenated alkanes) is 2. The van der Waals surface area contributed by atoms with E-state index in [1.54, 1.807) is 19.2 Å². The van der Waals surface area contributed by atoms with Crippen LogP contribution in [0.3, 0.4) is 0 Å². The zero-order valence-corrected chi connectivity index (χ0v) is 21.2. The molecule has 0 amide bonds. The predicted octanol–water partition coefficient (Wildman–Crippen LogP) is 5.31. The number of methoxy groups -OCH3 is 2. The molecule has 1 aliphatic rings. The van der Waals surface area contributed by atoms with E-state index < -0.39 is 0 Å². The number of phenolic OH excluding ortho intramolecular Hbond substituents is 1. The van der Waals surface area contributed by atoms with Gasteiger partial charge in [-0.05, 0) is 67.5 Å². The molecule has 1 aromatic heterocycles. The van der Waals surface area contributed by atoms with Crippen LogP contribution in [-0.4, -0.2) is 46.0 Å². The van der Waals surface area contributed by atoms with E-state index in [2.05, 4.69) is 22.3 Å². The molecule has 1 aliphatic heterocycles. The van der Waals surface area contributed by atoms with Crippen LogP contribution in [-0.2, 0) is 0 Å². The third kappa shape index (κ3) is 5.09. The Morgan fingerprint density at radius 1 is 1.11 bits per heavy atom. The number of ether oxygens (including phenoxy) is 2. The maximum Gasteiger partial charge on any atom is 0.258 e. The highest BCUT2D eigenvalue weighted by Gasteiger charge is 2.34. The van der Waals surface area contributed by atoms with E-state index in [4.69, 9.17) is 31.2 Å². The van der Waals surface area contributed by atoms with Gasteiger partial charge in [0.2, 0.25) is 5.82 Å². The van der Waals surface area contributed by atoms with Gasteiger partial charge in [-0.15, -0.1) is 0 Å². The summed E-state index contributed by atoms with van der Waals surface area (Å²) in [4.78, 5) is 6.81. The Kier molecular flexibility index (Phi) is 7.55. The lowest BCUT2D eigenvalue weighted by atomic mass is 9.94. The number of rotatable bonds is 9. The Morgan fingerprint density at radius 3 is 2.54 bits per heavy atom. The van der Waals surface area contributed by atoms with E-state index in [0.29, 0.717) is 22.6 Å². The minimum Gasteiger partial charge on any atom is -0.504 e. The highest BCUT2D eigenvalue weighted by Crippen LogP contribution is 2.40. The lowest BCUT2D eigenvalue weighted by Gasteiger charge is -2.37. The van der Waals surface area contributed by atoms with E-state index in [-0.39, 0.29) is 11.8 Å². The number of nitrogens with one attached hydrogen (secondary N) is 1. The summed E-state index contributed by atoms with van der Waals surface area (Å²) in [5.74, 6) is 2.07. The van der Waals surface area contributed by atoms with E-state index in [1.165, 1.54) is 7.11 Å². The largest absolute Gasteiger partial charge is 0.504 e. The van der Waals surface area contributed by atoms with E-state index in [0.717, 1.165) is 54.0 Å². The fraction of sp³-hybridized carbons (Fsp3) is 0.346. The molecule has 0 radical (unpaired) electrons. The second kappa shape index (κ2) is 10.8. The van der Waals surface area contributed by atoms with Crippen molar-refractivity contribution in [2.75, 3.05) is 20.8 Å². The molecule has 9 heteroatoms. The van der Waals surface area contributed by atoms with Gasteiger partial charge in [-0.25, -0.2) is 0 Å². The molecule has 2 aromatic carbocycles. The second-order valence-corrected chi connectivity index (χ2v) is 8.71. The van der Waals surface area contributed by atoms with Crippen molar-refractivity contribution in [1.82, 2.24) is 20.4 Å². The quantitative estimate of drug-likeness (QED) is 0.303. The van der Waals surface area contributed by atoms with Crippen LogP contribution in [0.4, 0.5) is 0 Å². The normalized spacial score (nSPS) is 15.8. The highest BCUT2D eigenvalue weighted by molar-refractivity contribution is 7.80. The first-order valence-corrected chi connectivity index (χ1v) is 12.0. The Labute approximate surface area is 210 Å². The van der Waals surface area contributed by atoms with Gasteiger partial charge in [0.1, 0.15) is 5.75 Å². The lowest BCUT2D eigenvalue weighted by Crippen LogP contribution is -2.46. The first-order chi connectivity index (χ1) is 17.0. The van der Waals surface area contributed by atoms with Crippen molar-refractivity contribution >= 4 is 22.9 Å². The number of aromatic nitrogens is 2. The molecule has 0 fully saturated rings. The number of nitrogens with zero attached hydrogens (tertiary/aromatic N) is 3. The summed E-state index contributed by atoms with van der Waals surface area (Å²) in [5, 5.41) is 18.7. The molecule has 35 heavy (non-hydrogen) atoms. The first-order valence-electron chi connectivity index (χ1n) is 11.6. The SMILES string of the molecule is CCCCCN1C(=S)NC(c2ccc(OC)c(O)c2)C(c2nc(-c3ccc(OC)cc3)no2)=C1C. The van der Waals surface area contributed by atoms with Crippen LogP contribution in [0.1, 0.15) is 50.6 Å². The average Bonchev–Trinajstić information content (AvgIpc) is 3.35. The minimum atomic E-state index is -0.383. The Balaban J connectivity index is 1.76. The van der Waals surface area contributed by atoms with Gasteiger partial charge in [-0.3, -0.25) is 0 Å². The van der Waals surface area contributed by atoms with Crippen molar-refractivity contribution in [1.29, 1.82) is 0 Å². The minimum absolute atomic E-state index is 0.0459. The summed E-state index contributed by atoms with van der Waals surface area (Å²) in [5.41, 5.74) is 3.37. The summed E-state index contributed by atoms with van der Waals surface area (Å²) < 4.78 is 16.2. The maximum absolute atomic E-state index is 10.4. The molecule has 184 valence electrons. The predicted molar refractivity (Wildman–Crippen MR) is 138 cm³/mol. The summed E-state index contributed by atoms with van der Waals surface area (Å²) >= 11 is 5.74. The van der Waals surface area contributed by atoms with Crippen LogP contribution in [0, 0.1) is 0 Å². The second-order valence-electron chi connectivity index (χ2n) is 8.32. The summed E-state index contributed by atoms with van der Waals surface area (Å²) in [7, 11) is 3.14. The number of benzene rings is 2. The Hall–Kier alpha value is -3.59. The van der Waals surface area contributed by atoms with Crippen molar-refractivity contribution in [3.63, 3.8) is 0 Å². The van der Waals surface area contributed by atoms with Crippen molar-refractivity contribution in [3.8, 4) is 28.6 Å². The lowest BCUT2D eigenvalue weighted by molar-refractivity contribution is 0.372. The molecule has 0 bridgehead atoms. The van der Waals surface area contributed by atoms with Crippen molar-refractivity contribution in [3.05, 3.63) is 59.6 Å². The maximum atomic E-state index is 10.4. The highest BCUT2D eigenvalue weighted by atomic mass is 32.1. The first kappa shape index (κ1) is 24.5. The number of phenols is 1. The van der Waals surface area contributed by atoms with E-state index >= 15 is 0 Å². The number of hydrogen-bond acceptors (Lipinski definition) is 7. The number of thiocarbonyl (C=S) groups is 1. The molecule has 0 spiro atoms. The monoisotopic (exact) mass is 494 g/mol. The molecule has 4 rings (SSSR count). The van der Waals surface area contributed by atoms with Gasteiger partial charge in [0, 0.05) is 17.8 Å². The fourth-order valence-corrected chi connectivity index (χ4v) is 4.52.